The van der Waals surface area contributed by atoms with Crippen LogP contribution in [0, 0.1) is 0 Å². The zero-order valence-corrected chi connectivity index (χ0v) is 20.1. The molecular weight excluding hydrogens is 444 g/mol. The van der Waals surface area contributed by atoms with Crippen molar-refractivity contribution in [2.75, 3.05) is 7.05 Å². The minimum atomic E-state index is 0.00501. The molecule has 3 rings (SSSR count). The highest BCUT2D eigenvalue weighted by Gasteiger charge is 2.30. The number of halogens is 2. The molecule has 154 valence electrons. The van der Waals surface area contributed by atoms with Crippen molar-refractivity contribution in [3.8, 4) is 0 Å². The Morgan fingerprint density at radius 1 is 1.07 bits per heavy atom. The predicted molar refractivity (Wildman–Crippen MR) is 130 cm³/mol. The first-order valence-electron chi connectivity index (χ1n) is 10.0. The average molecular weight is 474 g/mol. The molecule has 1 heterocycles. The summed E-state index contributed by atoms with van der Waals surface area (Å²) in [4.78, 5) is 2.33. The van der Waals surface area contributed by atoms with E-state index in [4.69, 9.17) is 11.6 Å². The Kier molecular flexibility index (Phi) is 9.22. The van der Waals surface area contributed by atoms with E-state index < -0.39 is 0 Å². The molecule has 0 aromatic heterocycles. The van der Waals surface area contributed by atoms with Gasteiger partial charge in [-0.25, -0.2) is 0 Å². The van der Waals surface area contributed by atoms with Crippen molar-refractivity contribution in [1.82, 2.24) is 10.2 Å². The summed E-state index contributed by atoms with van der Waals surface area (Å²) in [7, 11) is 2.14. The highest BCUT2D eigenvalue weighted by atomic mass is 79.9. The molecule has 0 saturated heterocycles. The second kappa shape index (κ2) is 11.4. The maximum atomic E-state index is 6.33. The Labute approximate surface area is 189 Å². The number of hydrogen-bond donors (Lipinski definition) is 1. The van der Waals surface area contributed by atoms with Crippen LogP contribution in [0.2, 0.25) is 5.02 Å². The predicted octanol–water partition coefficient (Wildman–Crippen LogP) is 7.81. The van der Waals surface area contributed by atoms with Gasteiger partial charge in [-0.3, -0.25) is 4.90 Å². The van der Waals surface area contributed by atoms with Crippen molar-refractivity contribution in [3.63, 3.8) is 0 Å². The van der Waals surface area contributed by atoms with Crippen LogP contribution in [0.25, 0.3) is 0 Å². The van der Waals surface area contributed by atoms with Gasteiger partial charge in [0.25, 0.3) is 0 Å². The van der Waals surface area contributed by atoms with Crippen LogP contribution in [0.5, 0.6) is 0 Å². The summed E-state index contributed by atoms with van der Waals surface area (Å²) in [5, 5.41) is 4.42. The zero-order chi connectivity index (χ0) is 21.4. The third-order valence-corrected chi connectivity index (χ3v) is 5.45. The fourth-order valence-corrected chi connectivity index (χ4v) is 4.35. The highest BCUT2D eigenvalue weighted by Crippen LogP contribution is 2.37. The molecule has 0 radical (unpaired) electrons. The lowest BCUT2D eigenvalue weighted by molar-refractivity contribution is 0.166. The first kappa shape index (κ1) is 23.5. The summed E-state index contributed by atoms with van der Waals surface area (Å²) in [5.74, 6) is 0. The van der Waals surface area contributed by atoms with Gasteiger partial charge in [-0.15, -0.1) is 0 Å². The summed E-state index contributed by atoms with van der Waals surface area (Å²) in [6, 6.07) is 16.8. The first-order valence-corrected chi connectivity index (χ1v) is 11.2. The van der Waals surface area contributed by atoms with Gasteiger partial charge < -0.3 is 5.32 Å². The number of rotatable bonds is 4. The van der Waals surface area contributed by atoms with E-state index in [9.17, 15) is 0 Å². The SMILES string of the molecule is C/C=C\C(=C/C)C1=CC(c2ccccc2)N(C)C(c2cc(Cl)cc(Br)c2)N1.CC. The Bertz CT molecular complexity index is 867. The monoisotopic (exact) mass is 472 g/mol. The molecule has 0 amide bonds. The van der Waals surface area contributed by atoms with E-state index in [0.29, 0.717) is 0 Å². The van der Waals surface area contributed by atoms with Crippen LogP contribution >= 0.6 is 27.5 Å². The Hall–Kier alpha value is -1.81. The third-order valence-electron chi connectivity index (χ3n) is 4.77. The number of allylic oxidation sites excluding steroid dienone is 3. The van der Waals surface area contributed by atoms with Crippen LogP contribution in [0.15, 0.2) is 88.6 Å². The van der Waals surface area contributed by atoms with Gasteiger partial charge in [-0.05, 0) is 61.9 Å². The van der Waals surface area contributed by atoms with Crippen molar-refractivity contribution in [2.45, 2.75) is 39.9 Å². The molecule has 1 aliphatic heterocycles. The van der Waals surface area contributed by atoms with Crippen LogP contribution < -0.4 is 5.32 Å². The van der Waals surface area contributed by atoms with Crippen LogP contribution in [-0.4, -0.2) is 11.9 Å². The summed E-state index contributed by atoms with van der Waals surface area (Å²) in [5.41, 5.74) is 4.70. The van der Waals surface area contributed by atoms with Crippen molar-refractivity contribution < 1.29 is 0 Å². The molecule has 0 aliphatic carbocycles. The Balaban J connectivity index is 0.00000145. The van der Waals surface area contributed by atoms with Crippen LogP contribution in [0.3, 0.4) is 0 Å². The van der Waals surface area contributed by atoms with Crippen LogP contribution in [-0.2, 0) is 0 Å². The van der Waals surface area contributed by atoms with E-state index in [0.717, 1.165) is 20.8 Å². The van der Waals surface area contributed by atoms with Crippen molar-refractivity contribution >= 4 is 27.5 Å². The topological polar surface area (TPSA) is 15.3 Å². The molecule has 4 heteroatoms. The number of nitrogens with one attached hydrogen (secondary N) is 1. The average Bonchev–Trinajstić information content (AvgIpc) is 2.73. The number of likely N-dealkylation sites (N-methyl/N-ethyl adjacent to an activating group) is 1. The molecule has 2 aromatic carbocycles. The van der Waals surface area contributed by atoms with Gasteiger partial charge in [0.15, 0.2) is 0 Å². The van der Waals surface area contributed by atoms with Crippen LogP contribution in [0.4, 0.5) is 0 Å². The normalized spacial score (nSPS) is 20.0. The second-order valence-corrected chi connectivity index (χ2v) is 7.95. The molecule has 2 atom stereocenters. The van der Waals surface area contributed by atoms with Gasteiger partial charge in [0.2, 0.25) is 0 Å². The van der Waals surface area contributed by atoms with Gasteiger partial charge in [-0.2, -0.15) is 0 Å². The van der Waals surface area contributed by atoms with Gasteiger partial charge >= 0.3 is 0 Å². The summed E-state index contributed by atoms with van der Waals surface area (Å²) >= 11 is 9.91. The minimum Gasteiger partial charge on any atom is -0.366 e. The maximum absolute atomic E-state index is 6.33. The highest BCUT2D eigenvalue weighted by molar-refractivity contribution is 9.10. The van der Waals surface area contributed by atoms with E-state index in [1.807, 2.05) is 32.9 Å². The second-order valence-electron chi connectivity index (χ2n) is 6.60. The first-order chi connectivity index (χ1) is 14.0. The molecule has 2 nitrogen and oxygen atoms in total. The molecule has 0 bridgehead atoms. The lowest BCUT2D eigenvalue weighted by Crippen LogP contribution is -2.41. The largest absolute Gasteiger partial charge is 0.366 e. The van der Waals surface area contributed by atoms with Gasteiger partial charge in [0, 0.05) is 15.2 Å². The summed E-state index contributed by atoms with van der Waals surface area (Å²) in [6.45, 7) is 8.11. The standard InChI is InChI=1S/C23H24BrClN2.C2H6/c1-4-9-16(5-2)21-15-22(17-10-7-6-8-11-17)27(3)23(26-21)18-12-19(24)14-20(25)13-18;1-2/h4-15,22-23,26H,1-3H3;1-2H3/b9-4-,16-5+;. The van der Waals surface area contributed by atoms with Crippen LogP contribution in [0.1, 0.15) is 51.0 Å². The fraction of sp³-hybridized carbons (Fsp3) is 0.280. The van der Waals surface area contributed by atoms with E-state index in [2.05, 4.69) is 101 Å². The molecule has 1 aliphatic rings. The number of nitrogens with zero attached hydrogens (tertiary/aromatic N) is 1. The molecular formula is C25H30BrClN2. The number of benzene rings is 2. The molecule has 29 heavy (non-hydrogen) atoms. The lowest BCUT2D eigenvalue weighted by Gasteiger charge is -2.40. The quantitative estimate of drug-likeness (QED) is 0.455. The lowest BCUT2D eigenvalue weighted by atomic mass is 9.96. The van der Waals surface area contributed by atoms with Gasteiger partial charge in [0.05, 0.1) is 6.04 Å². The number of hydrogen-bond acceptors (Lipinski definition) is 2. The van der Waals surface area contributed by atoms with Crippen molar-refractivity contribution in [2.24, 2.45) is 0 Å². The van der Waals surface area contributed by atoms with E-state index in [1.54, 1.807) is 0 Å². The molecule has 0 spiro atoms. The van der Waals surface area contributed by atoms with E-state index in [-0.39, 0.29) is 12.2 Å². The molecule has 2 unspecified atom stereocenters. The molecule has 0 fully saturated rings. The van der Waals surface area contributed by atoms with E-state index >= 15 is 0 Å². The van der Waals surface area contributed by atoms with Gasteiger partial charge in [0.1, 0.15) is 6.17 Å². The van der Waals surface area contributed by atoms with Crippen molar-refractivity contribution in [1.29, 1.82) is 0 Å². The van der Waals surface area contributed by atoms with Crippen molar-refractivity contribution in [3.05, 3.63) is 105 Å². The molecule has 2 aromatic rings. The smallest absolute Gasteiger partial charge is 0.106 e. The third kappa shape index (κ3) is 5.85. The molecule has 1 N–H and O–H groups in total. The Morgan fingerprint density at radius 3 is 2.34 bits per heavy atom. The molecule has 0 saturated carbocycles. The maximum Gasteiger partial charge on any atom is 0.106 e. The van der Waals surface area contributed by atoms with Gasteiger partial charge in [-0.1, -0.05) is 89.9 Å². The Morgan fingerprint density at radius 2 is 1.76 bits per heavy atom. The summed E-state index contributed by atoms with van der Waals surface area (Å²) < 4.78 is 0.979. The minimum absolute atomic E-state index is 0.00501. The summed E-state index contributed by atoms with van der Waals surface area (Å²) in [6.07, 6.45) is 8.64. The van der Waals surface area contributed by atoms with E-state index in [1.165, 1.54) is 11.1 Å². The fourth-order valence-electron chi connectivity index (χ4n) is 3.47. The zero-order valence-electron chi connectivity index (χ0n) is 17.8.